The zero-order chi connectivity index (χ0) is 14.4. The second-order valence-electron chi connectivity index (χ2n) is 6.97. The van der Waals surface area contributed by atoms with E-state index >= 15 is 0 Å². The number of fused-ring (bicyclic) bond motifs is 3. The van der Waals surface area contributed by atoms with Gasteiger partial charge in [-0.15, -0.1) is 11.6 Å². The molecule has 1 amide bonds. The minimum Gasteiger partial charge on any atom is -0.356 e. The fourth-order valence-corrected chi connectivity index (χ4v) is 4.86. The van der Waals surface area contributed by atoms with Gasteiger partial charge in [-0.2, -0.15) is 0 Å². The van der Waals surface area contributed by atoms with Gasteiger partial charge in [-0.25, -0.2) is 0 Å². The fraction of sp³-hybridized carbons (Fsp3) is 0.611. The first kappa shape index (κ1) is 13.6. The SMILES string of the molecule is O=C(NCC1CCC(Cl)C1)C1C2CCc3ccccc3C21. The Balaban J connectivity index is 1.37. The van der Waals surface area contributed by atoms with E-state index < -0.39 is 0 Å². The largest absolute Gasteiger partial charge is 0.356 e. The molecule has 3 aliphatic carbocycles. The molecule has 112 valence electrons. The van der Waals surface area contributed by atoms with Gasteiger partial charge in [0.05, 0.1) is 0 Å². The molecule has 4 rings (SSSR count). The van der Waals surface area contributed by atoms with Crippen molar-refractivity contribution in [1.29, 1.82) is 0 Å². The molecule has 0 heterocycles. The normalized spacial score (nSPS) is 36.7. The number of amides is 1. The van der Waals surface area contributed by atoms with Gasteiger partial charge < -0.3 is 5.32 Å². The van der Waals surface area contributed by atoms with Crippen LogP contribution in [0.3, 0.4) is 0 Å². The first-order valence-electron chi connectivity index (χ1n) is 8.23. The molecule has 0 spiro atoms. The number of aryl methyl sites for hydroxylation is 1. The van der Waals surface area contributed by atoms with Crippen LogP contribution in [0, 0.1) is 17.8 Å². The Hall–Kier alpha value is -1.02. The number of hydrogen-bond acceptors (Lipinski definition) is 1. The zero-order valence-electron chi connectivity index (χ0n) is 12.2. The summed E-state index contributed by atoms with van der Waals surface area (Å²) >= 11 is 6.14. The number of rotatable bonds is 3. The van der Waals surface area contributed by atoms with Crippen LogP contribution >= 0.6 is 11.6 Å². The Morgan fingerprint density at radius 1 is 1.24 bits per heavy atom. The molecule has 1 N–H and O–H groups in total. The summed E-state index contributed by atoms with van der Waals surface area (Å²) in [6.45, 7) is 0.819. The summed E-state index contributed by atoms with van der Waals surface area (Å²) in [6.07, 6.45) is 5.63. The maximum Gasteiger partial charge on any atom is 0.224 e. The standard InChI is InChI=1S/C18H22ClNO/c19-13-7-5-11(9-13)10-20-18(21)17-15-8-6-12-3-1-2-4-14(12)16(15)17/h1-4,11,13,15-17H,5-10H2,(H,20,21). The van der Waals surface area contributed by atoms with Gasteiger partial charge in [0.25, 0.3) is 0 Å². The molecule has 5 atom stereocenters. The number of alkyl halides is 1. The van der Waals surface area contributed by atoms with E-state index in [1.54, 1.807) is 0 Å². The van der Waals surface area contributed by atoms with Gasteiger partial charge in [-0.05, 0) is 61.0 Å². The number of halogens is 1. The Kier molecular flexibility index (Phi) is 3.45. The number of hydrogen-bond donors (Lipinski definition) is 1. The lowest BCUT2D eigenvalue weighted by molar-refractivity contribution is -0.122. The summed E-state index contributed by atoms with van der Waals surface area (Å²) in [6, 6.07) is 8.65. The minimum absolute atomic E-state index is 0.224. The third-order valence-corrected chi connectivity index (χ3v) is 6.07. The van der Waals surface area contributed by atoms with Gasteiger partial charge in [-0.1, -0.05) is 24.3 Å². The quantitative estimate of drug-likeness (QED) is 0.851. The van der Waals surface area contributed by atoms with E-state index in [4.69, 9.17) is 11.6 Å². The first-order valence-corrected chi connectivity index (χ1v) is 8.67. The van der Waals surface area contributed by atoms with E-state index in [9.17, 15) is 4.79 Å². The molecular formula is C18H22ClNO. The summed E-state index contributed by atoms with van der Waals surface area (Å²) in [5.41, 5.74) is 2.88. The van der Waals surface area contributed by atoms with Crippen molar-refractivity contribution >= 4 is 17.5 Å². The van der Waals surface area contributed by atoms with E-state index in [1.165, 1.54) is 17.5 Å². The molecule has 21 heavy (non-hydrogen) atoms. The average Bonchev–Trinajstić information content (AvgIpc) is 3.11. The Bertz CT molecular complexity index is 558. The number of carbonyl (C=O) groups excluding carboxylic acids is 1. The fourth-order valence-electron chi connectivity index (χ4n) is 4.49. The van der Waals surface area contributed by atoms with Gasteiger partial charge in [-0.3, -0.25) is 4.79 Å². The summed E-state index contributed by atoms with van der Waals surface area (Å²) < 4.78 is 0. The van der Waals surface area contributed by atoms with Crippen molar-refractivity contribution < 1.29 is 4.79 Å². The lowest BCUT2D eigenvalue weighted by Crippen LogP contribution is -2.30. The molecule has 0 aromatic heterocycles. The van der Waals surface area contributed by atoms with Crippen LogP contribution < -0.4 is 5.32 Å². The molecule has 1 aromatic carbocycles. The molecular weight excluding hydrogens is 282 g/mol. The van der Waals surface area contributed by atoms with Crippen LogP contribution in [0.15, 0.2) is 24.3 Å². The average molecular weight is 304 g/mol. The number of benzene rings is 1. The van der Waals surface area contributed by atoms with Gasteiger partial charge >= 0.3 is 0 Å². The summed E-state index contributed by atoms with van der Waals surface area (Å²) in [7, 11) is 0. The van der Waals surface area contributed by atoms with Crippen LogP contribution in [0.25, 0.3) is 0 Å². The van der Waals surface area contributed by atoms with Crippen molar-refractivity contribution in [3.63, 3.8) is 0 Å². The molecule has 0 aliphatic heterocycles. The van der Waals surface area contributed by atoms with Crippen molar-refractivity contribution in [2.45, 2.75) is 43.4 Å². The highest BCUT2D eigenvalue weighted by molar-refractivity contribution is 6.20. The second-order valence-corrected chi connectivity index (χ2v) is 7.59. The highest BCUT2D eigenvalue weighted by atomic mass is 35.5. The Morgan fingerprint density at radius 3 is 2.90 bits per heavy atom. The maximum absolute atomic E-state index is 12.5. The smallest absolute Gasteiger partial charge is 0.224 e. The lowest BCUT2D eigenvalue weighted by atomic mass is 9.92. The third-order valence-electron chi connectivity index (χ3n) is 5.67. The van der Waals surface area contributed by atoms with Crippen LogP contribution in [0.1, 0.15) is 42.7 Å². The molecule has 1 aromatic rings. The first-order chi connectivity index (χ1) is 10.2. The summed E-state index contributed by atoms with van der Waals surface area (Å²) in [4.78, 5) is 12.5. The molecule has 0 saturated heterocycles. The predicted molar refractivity (Wildman–Crippen MR) is 84.5 cm³/mol. The van der Waals surface area contributed by atoms with E-state index in [-0.39, 0.29) is 11.8 Å². The molecule has 3 heteroatoms. The molecule has 5 unspecified atom stereocenters. The topological polar surface area (TPSA) is 29.1 Å². The van der Waals surface area contributed by atoms with Crippen LogP contribution in [0.4, 0.5) is 0 Å². The lowest BCUT2D eigenvalue weighted by Gasteiger charge is -2.13. The van der Waals surface area contributed by atoms with Crippen LogP contribution in [0.2, 0.25) is 0 Å². The van der Waals surface area contributed by atoms with Crippen LogP contribution in [0.5, 0.6) is 0 Å². The maximum atomic E-state index is 12.5. The minimum atomic E-state index is 0.224. The number of carbonyl (C=O) groups is 1. The van der Waals surface area contributed by atoms with Gasteiger partial charge in [0.2, 0.25) is 5.91 Å². The molecule has 3 aliphatic rings. The summed E-state index contributed by atoms with van der Waals surface area (Å²) in [5, 5.41) is 3.52. The molecule has 2 nitrogen and oxygen atoms in total. The Morgan fingerprint density at radius 2 is 2.10 bits per heavy atom. The second kappa shape index (κ2) is 5.31. The van der Waals surface area contributed by atoms with Crippen molar-refractivity contribution in [3.8, 4) is 0 Å². The highest BCUT2D eigenvalue weighted by Crippen LogP contribution is 2.59. The predicted octanol–water partition coefficient (Wildman–Crippen LogP) is 3.49. The summed E-state index contributed by atoms with van der Waals surface area (Å²) in [5.74, 6) is 2.16. The number of nitrogens with one attached hydrogen (secondary N) is 1. The van der Waals surface area contributed by atoms with Gasteiger partial charge in [0.15, 0.2) is 0 Å². The third kappa shape index (κ3) is 2.48. The molecule has 0 radical (unpaired) electrons. The van der Waals surface area contributed by atoms with E-state index in [2.05, 4.69) is 29.6 Å². The Labute approximate surface area is 131 Å². The molecule has 0 bridgehead atoms. The monoisotopic (exact) mass is 303 g/mol. The van der Waals surface area contributed by atoms with Crippen molar-refractivity contribution in [3.05, 3.63) is 35.4 Å². The van der Waals surface area contributed by atoms with Crippen LogP contribution in [-0.4, -0.2) is 17.8 Å². The zero-order valence-corrected chi connectivity index (χ0v) is 13.0. The van der Waals surface area contributed by atoms with Crippen molar-refractivity contribution in [2.24, 2.45) is 17.8 Å². The van der Waals surface area contributed by atoms with E-state index in [0.29, 0.717) is 23.1 Å². The molecule has 2 saturated carbocycles. The van der Waals surface area contributed by atoms with Crippen molar-refractivity contribution in [2.75, 3.05) is 6.54 Å². The molecule has 2 fully saturated rings. The van der Waals surface area contributed by atoms with Gasteiger partial charge in [0.1, 0.15) is 0 Å². The van der Waals surface area contributed by atoms with Crippen LogP contribution in [-0.2, 0) is 11.2 Å². The van der Waals surface area contributed by atoms with E-state index in [1.807, 2.05) is 0 Å². The van der Waals surface area contributed by atoms with Gasteiger partial charge in [0, 0.05) is 17.8 Å². The van der Waals surface area contributed by atoms with E-state index in [0.717, 1.165) is 32.2 Å². The highest BCUT2D eigenvalue weighted by Gasteiger charge is 2.56. The van der Waals surface area contributed by atoms with Crippen molar-refractivity contribution in [1.82, 2.24) is 5.32 Å².